The summed E-state index contributed by atoms with van der Waals surface area (Å²) in [5, 5.41) is 51.8. The third-order valence-electron chi connectivity index (χ3n) is 12.8. The second-order valence-electron chi connectivity index (χ2n) is 16.0. The number of hydrogen-bond donors (Lipinski definition) is 5. The van der Waals surface area contributed by atoms with Gasteiger partial charge < -0.3 is 30.3 Å². The lowest BCUT2D eigenvalue weighted by atomic mass is 9.42. The van der Waals surface area contributed by atoms with Crippen LogP contribution >= 0.6 is 0 Å². The van der Waals surface area contributed by atoms with Crippen molar-refractivity contribution >= 4 is 35.3 Å². The number of aliphatic hydroxyl groups is 3. The Morgan fingerprint density at radius 3 is 2.23 bits per heavy atom. The zero-order chi connectivity index (χ0) is 36.4. The number of ether oxygens (including phenoxy) is 1. The average molecular weight is 675 g/mol. The number of carboxylic acids is 2. The number of aliphatic carboxylic acids is 2. The van der Waals surface area contributed by atoms with E-state index in [1.165, 1.54) is 13.8 Å². The predicted molar refractivity (Wildman–Crippen MR) is 170 cm³/mol. The average Bonchev–Trinajstić information content (AvgIpc) is 3.19. The molecule has 0 radical (unpaired) electrons. The Kier molecular flexibility index (Phi) is 9.86. The molecule has 0 bridgehead atoms. The van der Waals surface area contributed by atoms with E-state index in [1.807, 2.05) is 6.92 Å². The monoisotopic (exact) mass is 674 g/mol. The van der Waals surface area contributed by atoms with Crippen molar-refractivity contribution in [2.45, 2.75) is 118 Å². The molecular formula is C36H50O12. The summed E-state index contributed by atoms with van der Waals surface area (Å²) in [6, 6.07) is 0. The molecule has 266 valence electrons. The van der Waals surface area contributed by atoms with Crippen molar-refractivity contribution in [1.29, 1.82) is 0 Å². The molecule has 0 aromatic carbocycles. The number of aliphatic hydroxyl groups excluding tert-OH is 2. The molecule has 2 fully saturated rings. The fourth-order valence-electron chi connectivity index (χ4n) is 9.71. The molecule has 0 spiro atoms. The molecule has 0 saturated heterocycles. The van der Waals surface area contributed by atoms with Crippen molar-refractivity contribution in [3.8, 4) is 0 Å². The van der Waals surface area contributed by atoms with Gasteiger partial charge in [-0.3, -0.25) is 24.0 Å². The van der Waals surface area contributed by atoms with Gasteiger partial charge in [0, 0.05) is 45.8 Å². The summed E-state index contributed by atoms with van der Waals surface area (Å²) in [5.74, 6) is -5.87. The number of fused-ring (bicyclic) bond motifs is 4. The van der Waals surface area contributed by atoms with Gasteiger partial charge in [0.15, 0.2) is 11.6 Å². The first-order chi connectivity index (χ1) is 22.0. The zero-order valence-corrected chi connectivity index (χ0v) is 28.9. The smallest absolute Gasteiger partial charge is 0.330 e. The Labute approximate surface area is 280 Å². The van der Waals surface area contributed by atoms with E-state index >= 15 is 0 Å². The molecule has 4 rings (SSSR count). The Morgan fingerprint density at radius 2 is 1.65 bits per heavy atom. The quantitative estimate of drug-likeness (QED) is 0.158. The number of allylic oxidation sites excluding steroid dienone is 2. The largest absolute Gasteiger partial charge is 0.481 e. The van der Waals surface area contributed by atoms with E-state index in [0.717, 1.165) is 0 Å². The maximum Gasteiger partial charge on any atom is 0.330 e. The predicted octanol–water partition coefficient (Wildman–Crippen LogP) is 3.19. The maximum atomic E-state index is 14.4. The lowest BCUT2D eigenvalue weighted by molar-refractivity contribution is -0.174. The standard InChI is InChI=1S/C36H50O12/c1-18(9-8-10-19(2)31(45)46)20-13-24(39)36(7)27-21(37)14-22-33(4,28(27)29(43)30(44)35(20,36)6)12-11-23(38)34(22,5)17-48-26(42)16-32(3,47)15-25(40)41/h10,18,20,22-23,30,38,44,47H,8-9,11-17H2,1-7H3,(H,40,41)(H,45,46)/t18-,20-,22-,23+,30-,32+,33+,34-,35+,36+/m1/s1. The minimum atomic E-state index is -1.87. The van der Waals surface area contributed by atoms with Crippen molar-refractivity contribution in [2.24, 2.45) is 39.4 Å². The highest BCUT2D eigenvalue weighted by atomic mass is 16.5. The van der Waals surface area contributed by atoms with E-state index < -0.39 is 93.6 Å². The Balaban J connectivity index is 1.71. The van der Waals surface area contributed by atoms with Crippen molar-refractivity contribution in [3.05, 3.63) is 22.8 Å². The minimum absolute atomic E-state index is 0.0440. The number of rotatable bonds is 11. The summed E-state index contributed by atoms with van der Waals surface area (Å²) in [6.45, 7) is 11.1. The van der Waals surface area contributed by atoms with Gasteiger partial charge in [-0.25, -0.2) is 4.79 Å². The topological polar surface area (TPSA) is 213 Å². The molecule has 12 nitrogen and oxygen atoms in total. The third kappa shape index (κ3) is 5.77. The first-order valence-electron chi connectivity index (χ1n) is 16.7. The lowest BCUT2D eigenvalue weighted by Gasteiger charge is -2.61. The first kappa shape index (κ1) is 37.6. The van der Waals surface area contributed by atoms with Gasteiger partial charge in [-0.05, 0) is 64.2 Å². The highest BCUT2D eigenvalue weighted by Gasteiger charge is 2.73. The lowest BCUT2D eigenvalue weighted by Crippen LogP contribution is -2.65. The molecule has 0 aromatic heterocycles. The molecule has 0 heterocycles. The van der Waals surface area contributed by atoms with Gasteiger partial charge in [-0.1, -0.05) is 33.8 Å². The van der Waals surface area contributed by atoms with E-state index in [0.29, 0.717) is 12.8 Å². The number of carbonyl (C=O) groups excluding carboxylic acids is 4. The number of carboxylic acid groups (broad SMARTS) is 2. The van der Waals surface area contributed by atoms with Crippen LogP contribution in [0.5, 0.6) is 0 Å². The van der Waals surface area contributed by atoms with E-state index in [2.05, 4.69) is 0 Å². The number of esters is 1. The summed E-state index contributed by atoms with van der Waals surface area (Å²) in [6.07, 6.45) is -1.04. The van der Waals surface area contributed by atoms with Crippen LogP contribution in [0.3, 0.4) is 0 Å². The van der Waals surface area contributed by atoms with Gasteiger partial charge in [-0.2, -0.15) is 0 Å². The van der Waals surface area contributed by atoms with Crippen molar-refractivity contribution in [3.63, 3.8) is 0 Å². The number of hydrogen-bond acceptors (Lipinski definition) is 10. The molecule has 0 aromatic rings. The third-order valence-corrected chi connectivity index (χ3v) is 12.8. The fraction of sp³-hybridized carbons (Fsp3) is 0.722. The highest BCUT2D eigenvalue weighted by molar-refractivity contribution is 6.17. The van der Waals surface area contributed by atoms with Gasteiger partial charge in [0.2, 0.25) is 0 Å². The van der Waals surface area contributed by atoms with Crippen LogP contribution < -0.4 is 0 Å². The van der Waals surface area contributed by atoms with Crippen molar-refractivity contribution in [2.75, 3.05) is 6.61 Å². The van der Waals surface area contributed by atoms with Gasteiger partial charge in [0.05, 0.1) is 36.6 Å². The van der Waals surface area contributed by atoms with Gasteiger partial charge in [0.1, 0.15) is 11.9 Å². The van der Waals surface area contributed by atoms with Gasteiger partial charge in [0.25, 0.3) is 0 Å². The fourth-order valence-corrected chi connectivity index (χ4v) is 9.71. The Bertz CT molecular complexity index is 1490. The van der Waals surface area contributed by atoms with Crippen molar-refractivity contribution < 1.29 is 59.0 Å². The van der Waals surface area contributed by atoms with Crippen LogP contribution in [0.4, 0.5) is 0 Å². The van der Waals surface area contributed by atoms with E-state index in [9.17, 15) is 49.2 Å². The number of carbonyl (C=O) groups is 6. The van der Waals surface area contributed by atoms with E-state index in [-0.39, 0.29) is 60.7 Å². The Morgan fingerprint density at radius 1 is 1.02 bits per heavy atom. The number of ketones is 3. The molecule has 2 saturated carbocycles. The molecule has 12 heteroatoms. The minimum Gasteiger partial charge on any atom is -0.481 e. The molecule has 0 aliphatic heterocycles. The molecule has 4 aliphatic rings. The first-order valence-corrected chi connectivity index (χ1v) is 16.7. The summed E-state index contributed by atoms with van der Waals surface area (Å²) >= 11 is 0. The second-order valence-corrected chi connectivity index (χ2v) is 16.0. The molecule has 5 N–H and O–H groups in total. The van der Waals surface area contributed by atoms with Crippen LogP contribution in [0.25, 0.3) is 0 Å². The summed E-state index contributed by atoms with van der Waals surface area (Å²) in [7, 11) is 0. The van der Waals surface area contributed by atoms with Crippen LogP contribution in [0.15, 0.2) is 22.8 Å². The summed E-state index contributed by atoms with van der Waals surface area (Å²) in [5.41, 5.74) is -6.51. The zero-order valence-electron chi connectivity index (χ0n) is 28.9. The molecule has 0 amide bonds. The van der Waals surface area contributed by atoms with Crippen molar-refractivity contribution in [1.82, 2.24) is 0 Å². The van der Waals surface area contributed by atoms with E-state index in [4.69, 9.17) is 9.84 Å². The van der Waals surface area contributed by atoms with Crippen LogP contribution in [-0.4, -0.2) is 85.2 Å². The maximum absolute atomic E-state index is 14.4. The molecule has 48 heavy (non-hydrogen) atoms. The summed E-state index contributed by atoms with van der Waals surface area (Å²) in [4.78, 5) is 78.0. The second kappa shape index (κ2) is 12.6. The SMILES string of the molecule is CC(=CCC[C@@H](C)[C@H]1CC(=O)[C@@]2(C)C3=C(C(=O)[C@@H](O)[C@]12C)[C@@]1(C)CC[C@H](O)[C@](C)(COC(=O)C[C@@](C)(O)CC(=O)O)[C@@H]1CC3=O)C(=O)O. The summed E-state index contributed by atoms with van der Waals surface area (Å²) < 4.78 is 5.50. The molecule has 10 atom stereocenters. The van der Waals surface area contributed by atoms with Gasteiger partial charge in [-0.15, -0.1) is 0 Å². The molecular weight excluding hydrogens is 624 g/mol. The molecule has 4 aliphatic carbocycles. The normalized spacial score (nSPS) is 38.5. The van der Waals surface area contributed by atoms with Crippen LogP contribution in [-0.2, 0) is 33.5 Å². The highest BCUT2D eigenvalue weighted by Crippen LogP contribution is 2.70. The van der Waals surface area contributed by atoms with E-state index in [1.54, 1.807) is 33.8 Å². The molecule has 0 unspecified atom stereocenters. The van der Waals surface area contributed by atoms with Crippen LogP contribution in [0.2, 0.25) is 0 Å². The number of Topliss-reactive ketones (excluding diaryl/α,β-unsaturated/α-hetero) is 3. The van der Waals surface area contributed by atoms with Crippen LogP contribution in [0, 0.1) is 39.4 Å². The van der Waals surface area contributed by atoms with Crippen LogP contribution in [0.1, 0.15) is 99.8 Å². The Hall–Kier alpha value is -3.22. The van der Waals surface area contributed by atoms with Gasteiger partial charge >= 0.3 is 17.9 Å².